The summed E-state index contributed by atoms with van der Waals surface area (Å²) >= 11 is 0. The molecule has 0 aromatic heterocycles. The Balaban J connectivity index is 1.54. The van der Waals surface area contributed by atoms with Gasteiger partial charge in [-0.3, -0.25) is 0 Å². The number of hydrogen-bond acceptors (Lipinski definition) is 2. The van der Waals surface area contributed by atoms with Gasteiger partial charge in [0.2, 0.25) is 0 Å². The molecule has 0 unspecified atom stereocenters. The normalized spacial score (nSPS) is 11.3. The van der Waals surface area contributed by atoms with Gasteiger partial charge in [0.1, 0.15) is 6.61 Å². The SMILES string of the molecule is C[C@@H](C=C(c1ccccc1)c1ccccc1)CCNC(=O)OCc1ccccc1. The molecule has 0 aliphatic heterocycles. The Morgan fingerprint density at radius 3 is 1.93 bits per heavy atom. The maximum Gasteiger partial charge on any atom is 0.407 e. The predicted molar refractivity (Wildman–Crippen MR) is 118 cm³/mol. The van der Waals surface area contributed by atoms with E-state index in [-0.39, 0.29) is 12.7 Å². The molecule has 1 amide bonds. The van der Waals surface area contributed by atoms with Crippen LogP contribution in [0.3, 0.4) is 0 Å². The van der Waals surface area contributed by atoms with Crippen molar-refractivity contribution in [2.75, 3.05) is 6.54 Å². The fourth-order valence-electron chi connectivity index (χ4n) is 3.14. The van der Waals surface area contributed by atoms with Gasteiger partial charge >= 0.3 is 6.09 Å². The van der Waals surface area contributed by atoms with Gasteiger partial charge in [0.15, 0.2) is 0 Å². The van der Waals surface area contributed by atoms with Crippen LogP contribution in [0.2, 0.25) is 0 Å². The Hall–Kier alpha value is -3.33. The van der Waals surface area contributed by atoms with Crippen LogP contribution in [0, 0.1) is 5.92 Å². The molecule has 0 spiro atoms. The van der Waals surface area contributed by atoms with E-state index in [2.05, 4.69) is 66.8 Å². The number of rotatable bonds is 8. The van der Waals surface area contributed by atoms with Gasteiger partial charge in [0, 0.05) is 6.54 Å². The predicted octanol–water partition coefficient (Wildman–Crippen LogP) is 6.07. The molecule has 1 N–H and O–H groups in total. The van der Waals surface area contributed by atoms with E-state index in [0.29, 0.717) is 12.5 Å². The third-order valence-electron chi connectivity index (χ3n) is 4.70. The summed E-state index contributed by atoms with van der Waals surface area (Å²) < 4.78 is 5.26. The molecular formula is C26H27NO2. The van der Waals surface area contributed by atoms with Gasteiger partial charge in [-0.05, 0) is 34.6 Å². The Morgan fingerprint density at radius 2 is 1.38 bits per heavy atom. The minimum Gasteiger partial charge on any atom is -0.445 e. The zero-order valence-corrected chi connectivity index (χ0v) is 16.8. The van der Waals surface area contributed by atoms with Crippen molar-refractivity contribution in [1.82, 2.24) is 5.32 Å². The lowest BCUT2D eigenvalue weighted by atomic mass is 9.93. The molecule has 0 bridgehead atoms. The summed E-state index contributed by atoms with van der Waals surface area (Å²) in [4.78, 5) is 11.9. The number of amides is 1. The van der Waals surface area contributed by atoms with Crippen molar-refractivity contribution in [2.24, 2.45) is 5.92 Å². The lowest BCUT2D eigenvalue weighted by Crippen LogP contribution is -2.26. The molecule has 148 valence electrons. The molecule has 3 rings (SSSR count). The van der Waals surface area contributed by atoms with Crippen LogP contribution in [0.1, 0.15) is 30.0 Å². The minimum absolute atomic E-state index is 0.286. The van der Waals surface area contributed by atoms with Gasteiger partial charge < -0.3 is 10.1 Å². The third-order valence-corrected chi connectivity index (χ3v) is 4.70. The zero-order chi connectivity index (χ0) is 20.3. The molecule has 3 aromatic carbocycles. The van der Waals surface area contributed by atoms with E-state index in [1.54, 1.807) is 0 Å². The highest BCUT2D eigenvalue weighted by Gasteiger charge is 2.08. The van der Waals surface area contributed by atoms with Gasteiger partial charge in [-0.15, -0.1) is 0 Å². The molecule has 3 heteroatoms. The first-order chi connectivity index (χ1) is 14.2. The second-order valence-electron chi connectivity index (χ2n) is 7.07. The van der Waals surface area contributed by atoms with Crippen LogP contribution < -0.4 is 5.32 Å². The van der Waals surface area contributed by atoms with Crippen LogP contribution in [-0.2, 0) is 11.3 Å². The van der Waals surface area contributed by atoms with Gasteiger partial charge in [-0.2, -0.15) is 0 Å². The quantitative estimate of drug-likeness (QED) is 0.511. The number of hydrogen-bond donors (Lipinski definition) is 1. The fourth-order valence-corrected chi connectivity index (χ4v) is 3.14. The van der Waals surface area contributed by atoms with Crippen LogP contribution in [-0.4, -0.2) is 12.6 Å². The molecule has 0 fully saturated rings. The van der Waals surface area contributed by atoms with Crippen LogP contribution >= 0.6 is 0 Å². The van der Waals surface area contributed by atoms with E-state index in [1.807, 2.05) is 42.5 Å². The topological polar surface area (TPSA) is 38.3 Å². The van der Waals surface area contributed by atoms with Gasteiger partial charge in [0.25, 0.3) is 0 Å². The average Bonchev–Trinajstić information content (AvgIpc) is 2.78. The highest BCUT2D eigenvalue weighted by molar-refractivity contribution is 5.79. The number of carbonyl (C=O) groups is 1. The molecular weight excluding hydrogens is 358 g/mol. The maximum absolute atomic E-state index is 11.9. The van der Waals surface area contributed by atoms with E-state index in [9.17, 15) is 4.79 Å². The van der Waals surface area contributed by atoms with E-state index in [4.69, 9.17) is 4.74 Å². The van der Waals surface area contributed by atoms with Crippen molar-refractivity contribution >= 4 is 11.7 Å². The number of nitrogens with one attached hydrogen (secondary N) is 1. The summed E-state index contributed by atoms with van der Waals surface area (Å²) in [5.74, 6) is 0.305. The van der Waals surface area contributed by atoms with Crippen molar-refractivity contribution in [2.45, 2.75) is 20.0 Å². The Kier molecular flexibility index (Phi) is 7.64. The van der Waals surface area contributed by atoms with Crippen molar-refractivity contribution in [1.29, 1.82) is 0 Å². The number of allylic oxidation sites excluding steroid dienone is 1. The van der Waals surface area contributed by atoms with Gasteiger partial charge in [-0.25, -0.2) is 4.79 Å². The second kappa shape index (κ2) is 10.9. The van der Waals surface area contributed by atoms with Crippen LogP contribution in [0.25, 0.3) is 5.57 Å². The van der Waals surface area contributed by atoms with Gasteiger partial charge in [0.05, 0.1) is 0 Å². The van der Waals surface area contributed by atoms with E-state index in [0.717, 1.165) is 12.0 Å². The molecule has 0 saturated carbocycles. The standard InChI is InChI=1S/C26H27NO2/c1-21(17-18-27-26(28)29-20-22-11-5-2-6-12-22)19-25(23-13-7-3-8-14-23)24-15-9-4-10-16-24/h2-16,19,21H,17-18,20H2,1H3,(H,27,28)/t21-/m1/s1. The first-order valence-corrected chi connectivity index (χ1v) is 9.99. The minimum atomic E-state index is -0.378. The molecule has 0 aliphatic carbocycles. The van der Waals surface area contributed by atoms with Crippen LogP contribution in [0.15, 0.2) is 97.1 Å². The Bertz CT molecular complexity index is 864. The number of alkyl carbamates (subject to hydrolysis) is 1. The van der Waals surface area contributed by atoms with Crippen LogP contribution in [0.4, 0.5) is 4.79 Å². The molecule has 29 heavy (non-hydrogen) atoms. The van der Waals surface area contributed by atoms with Crippen molar-refractivity contribution in [3.63, 3.8) is 0 Å². The molecule has 1 atom stereocenters. The highest BCUT2D eigenvalue weighted by atomic mass is 16.5. The zero-order valence-electron chi connectivity index (χ0n) is 16.8. The monoisotopic (exact) mass is 385 g/mol. The molecule has 0 radical (unpaired) electrons. The van der Waals surface area contributed by atoms with E-state index < -0.39 is 0 Å². The number of benzene rings is 3. The number of ether oxygens (including phenoxy) is 1. The molecule has 0 aliphatic rings. The van der Waals surface area contributed by atoms with E-state index in [1.165, 1.54) is 16.7 Å². The maximum atomic E-state index is 11.9. The summed E-state index contributed by atoms with van der Waals surface area (Å²) in [6, 6.07) is 30.5. The first kappa shape index (κ1) is 20.4. The fraction of sp³-hybridized carbons (Fsp3) is 0.192. The largest absolute Gasteiger partial charge is 0.445 e. The highest BCUT2D eigenvalue weighted by Crippen LogP contribution is 2.25. The lowest BCUT2D eigenvalue weighted by Gasteiger charge is -2.13. The summed E-state index contributed by atoms with van der Waals surface area (Å²) in [5, 5.41) is 2.85. The third kappa shape index (κ3) is 6.65. The van der Waals surface area contributed by atoms with Gasteiger partial charge in [-0.1, -0.05) is 104 Å². The summed E-state index contributed by atoms with van der Waals surface area (Å²) in [5.41, 5.74) is 4.58. The second-order valence-corrected chi connectivity index (χ2v) is 7.07. The Labute approximate surface area is 173 Å². The smallest absolute Gasteiger partial charge is 0.407 e. The van der Waals surface area contributed by atoms with Crippen molar-refractivity contribution in [3.8, 4) is 0 Å². The molecule has 0 heterocycles. The summed E-state index contributed by atoms with van der Waals surface area (Å²) in [6.07, 6.45) is 2.74. The molecule has 0 saturated heterocycles. The Morgan fingerprint density at radius 1 is 0.862 bits per heavy atom. The van der Waals surface area contributed by atoms with Crippen molar-refractivity contribution < 1.29 is 9.53 Å². The molecule has 3 aromatic rings. The summed E-state index contributed by atoms with van der Waals surface area (Å²) in [6.45, 7) is 3.03. The molecule has 3 nitrogen and oxygen atoms in total. The lowest BCUT2D eigenvalue weighted by molar-refractivity contribution is 0.139. The van der Waals surface area contributed by atoms with E-state index >= 15 is 0 Å². The first-order valence-electron chi connectivity index (χ1n) is 9.99. The van der Waals surface area contributed by atoms with Crippen LogP contribution in [0.5, 0.6) is 0 Å². The van der Waals surface area contributed by atoms with Crippen molar-refractivity contribution in [3.05, 3.63) is 114 Å². The average molecular weight is 386 g/mol. The number of carbonyl (C=O) groups excluding carboxylic acids is 1. The summed E-state index contributed by atoms with van der Waals surface area (Å²) in [7, 11) is 0.